The molecule has 0 bridgehead atoms. The van der Waals surface area contributed by atoms with Crippen LogP contribution in [0.5, 0.6) is 0 Å². The minimum absolute atomic E-state index is 0.0539. The standard InChI is InChI=1S/C28H33N5OS/c1-21(9-10-27(34)30-12-11-29)17-22-5-3-6-23(18-22)24-7-4-8-25(19-24)26-20-35-28(31-26)33-15-13-32(2)14-16-33/h3-8,18-21H,9-10,12-17H2,1-2H3,(H,30,34). The van der Waals surface area contributed by atoms with Crippen LogP contribution >= 0.6 is 11.3 Å². The molecule has 1 amide bonds. The van der Waals surface area contributed by atoms with Gasteiger partial charge in [0.05, 0.1) is 11.8 Å². The van der Waals surface area contributed by atoms with Crippen LogP contribution in [0, 0.1) is 17.2 Å². The fourth-order valence-electron chi connectivity index (χ4n) is 4.38. The van der Waals surface area contributed by atoms with Gasteiger partial charge in [0, 0.05) is 43.5 Å². The van der Waals surface area contributed by atoms with Crippen LogP contribution in [0.15, 0.2) is 53.9 Å². The van der Waals surface area contributed by atoms with E-state index in [2.05, 4.69) is 83.0 Å². The molecule has 0 aliphatic carbocycles. The molecule has 1 atom stereocenters. The Kier molecular flexibility index (Phi) is 8.51. The number of rotatable bonds is 9. The Bertz CT molecular complexity index is 1180. The Morgan fingerprint density at radius 3 is 2.60 bits per heavy atom. The molecule has 4 rings (SSSR count). The number of aromatic nitrogens is 1. The van der Waals surface area contributed by atoms with E-state index in [1.54, 1.807) is 11.3 Å². The topological polar surface area (TPSA) is 72.3 Å². The molecule has 182 valence electrons. The first-order valence-electron chi connectivity index (χ1n) is 12.2. The van der Waals surface area contributed by atoms with Crippen LogP contribution in [0.2, 0.25) is 0 Å². The maximum atomic E-state index is 11.8. The van der Waals surface area contributed by atoms with E-state index >= 15 is 0 Å². The van der Waals surface area contributed by atoms with Gasteiger partial charge in [-0.3, -0.25) is 4.79 Å². The van der Waals surface area contributed by atoms with Crippen molar-refractivity contribution in [3.8, 4) is 28.5 Å². The van der Waals surface area contributed by atoms with Gasteiger partial charge in [0.25, 0.3) is 0 Å². The second kappa shape index (κ2) is 12.0. The summed E-state index contributed by atoms with van der Waals surface area (Å²) in [7, 11) is 2.17. The zero-order valence-corrected chi connectivity index (χ0v) is 21.4. The Balaban J connectivity index is 1.41. The molecular formula is C28H33N5OS. The second-order valence-corrected chi connectivity index (χ2v) is 10.2. The normalized spacial score (nSPS) is 14.9. The van der Waals surface area contributed by atoms with Crippen LogP contribution in [-0.2, 0) is 11.2 Å². The predicted octanol–water partition coefficient (Wildman–Crippen LogP) is 4.83. The van der Waals surface area contributed by atoms with Crippen LogP contribution in [0.1, 0.15) is 25.3 Å². The number of hydrogen-bond acceptors (Lipinski definition) is 6. The molecular weight excluding hydrogens is 454 g/mol. The predicted molar refractivity (Wildman–Crippen MR) is 143 cm³/mol. The Hall–Kier alpha value is -3.21. The quantitative estimate of drug-likeness (QED) is 0.438. The average Bonchev–Trinajstić information content (AvgIpc) is 3.37. The average molecular weight is 488 g/mol. The summed E-state index contributed by atoms with van der Waals surface area (Å²) in [5.41, 5.74) is 5.82. The third-order valence-electron chi connectivity index (χ3n) is 6.50. The van der Waals surface area contributed by atoms with Crippen molar-refractivity contribution in [2.75, 3.05) is 44.7 Å². The molecule has 2 aromatic carbocycles. The maximum Gasteiger partial charge on any atom is 0.220 e. The van der Waals surface area contributed by atoms with Gasteiger partial charge in [0.15, 0.2) is 5.13 Å². The van der Waals surface area contributed by atoms with Gasteiger partial charge in [0.2, 0.25) is 5.91 Å². The molecule has 1 aliphatic rings. The lowest BCUT2D eigenvalue weighted by atomic mass is 9.93. The van der Waals surface area contributed by atoms with Crippen LogP contribution in [0.3, 0.4) is 0 Å². The van der Waals surface area contributed by atoms with Crippen molar-refractivity contribution in [1.29, 1.82) is 5.26 Å². The number of piperazine rings is 1. The van der Waals surface area contributed by atoms with E-state index in [4.69, 9.17) is 10.2 Å². The number of anilines is 1. The fourth-order valence-corrected chi connectivity index (χ4v) is 5.27. The van der Waals surface area contributed by atoms with Gasteiger partial charge in [-0.25, -0.2) is 4.98 Å². The van der Waals surface area contributed by atoms with Gasteiger partial charge in [0.1, 0.15) is 6.54 Å². The first-order valence-corrected chi connectivity index (χ1v) is 13.1. The highest BCUT2D eigenvalue weighted by molar-refractivity contribution is 7.14. The molecule has 1 aliphatic heterocycles. The number of thiazole rings is 1. The summed E-state index contributed by atoms with van der Waals surface area (Å²) in [5.74, 6) is 0.328. The number of nitrogens with one attached hydrogen (secondary N) is 1. The molecule has 1 aromatic heterocycles. The number of carbonyl (C=O) groups excluding carboxylic acids is 1. The number of nitrogens with zero attached hydrogens (tertiary/aromatic N) is 4. The number of benzene rings is 2. The summed E-state index contributed by atoms with van der Waals surface area (Å²) in [5, 5.41) is 14.5. The lowest BCUT2D eigenvalue weighted by Gasteiger charge is -2.32. The van der Waals surface area contributed by atoms with E-state index < -0.39 is 0 Å². The van der Waals surface area contributed by atoms with Crippen LogP contribution in [0.4, 0.5) is 5.13 Å². The molecule has 2 heterocycles. The van der Waals surface area contributed by atoms with Gasteiger partial charge < -0.3 is 15.1 Å². The SMILES string of the molecule is CC(CCC(=O)NCC#N)Cc1cccc(-c2cccc(-c3csc(N4CCN(C)CC4)n3)c2)c1. The summed E-state index contributed by atoms with van der Waals surface area (Å²) in [6.45, 7) is 6.46. The molecule has 35 heavy (non-hydrogen) atoms. The number of hydrogen-bond donors (Lipinski definition) is 1. The number of carbonyl (C=O) groups is 1. The number of likely N-dealkylation sites (N-methyl/N-ethyl adjacent to an activating group) is 1. The molecule has 6 nitrogen and oxygen atoms in total. The zero-order valence-electron chi connectivity index (χ0n) is 20.5. The molecule has 0 saturated carbocycles. The number of nitriles is 1. The van der Waals surface area contributed by atoms with Gasteiger partial charge in [-0.05, 0) is 48.6 Å². The van der Waals surface area contributed by atoms with E-state index in [0.29, 0.717) is 12.3 Å². The van der Waals surface area contributed by atoms with Gasteiger partial charge in [-0.2, -0.15) is 5.26 Å². The van der Waals surface area contributed by atoms with Crippen molar-refractivity contribution in [3.05, 3.63) is 59.5 Å². The number of amides is 1. The van der Waals surface area contributed by atoms with E-state index in [1.165, 1.54) is 16.7 Å². The van der Waals surface area contributed by atoms with Crippen molar-refractivity contribution in [1.82, 2.24) is 15.2 Å². The lowest BCUT2D eigenvalue weighted by Crippen LogP contribution is -2.44. The van der Waals surface area contributed by atoms with E-state index in [0.717, 1.165) is 55.4 Å². The monoisotopic (exact) mass is 487 g/mol. The minimum Gasteiger partial charge on any atom is -0.346 e. The first-order chi connectivity index (χ1) is 17.0. The summed E-state index contributed by atoms with van der Waals surface area (Å²) in [6, 6.07) is 19.2. The smallest absolute Gasteiger partial charge is 0.220 e. The molecule has 1 unspecified atom stereocenters. The van der Waals surface area contributed by atoms with Crippen molar-refractivity contribution in [3.63, 3.8) is 0 Å². The van der Waals surface area contributed by atoms with Gasteiger partial charge in [-0.1, -0.05) is 49.4 Å². The molecule has 1 fully saturated rings. The highest BCUT2D eigenvalue weighted by atomic mass is 32.1. The molecule has 1 saturated heterocycles. The lowest BCUT2D eigenvalue weighted by molar-refractivity contribution is -0.121. The Morgan fingerprint density at radius 2 is 1.83 bits per heavy atom. The molecule has 7 heteroatoms. The summed E-state index contributed by atoms with van der Waals surface area (Å²) < 4.78 is 0. The summed E-state index contributed by atoms with van der Waals surface area (Å²) in [6.07, 6.45) is 2.17. The fraction of sp³-hybridized carbons (Fsp3) is 0.393. The van der Waals surface area contributed by atoms with Gasteiger partial charge in [-0.15, -0.1) is 11.3 Å². The van der Waals surface area contributed by atoms with Crippen molar-refractivity contribution >= 4 is 22.4 Å². The minimum atomic E-state index is -0.0539. The van der Waals surface area contributed by atoms with E-state index in [1.807, 2.05) is 6.07 Å². The van der Waals surface area contributed by atoms with Crippen molar-refractivity contribution in [2.45, 2.75) is 26.2 Å². The van der Waals surface area contributed by atoms with E-state index in [9.17, 15) is 4.79 Å². The molecule has 1 N–H and O–H groups in total. The Morgan fingerprint density at radius 1 is 1.11 bits per heavy atom. The zero-order chi connectivity index (χ0) is 24.6. The summed E-state index contributed by atoms with van der Waals surface area (Å²) in [4.78, 5) is 21.5. The molecule has 0 radical (unpaired) electrons. The molecule has 0 spiro atoms. The Labute approximate surface area is 212 Å². The summed E-state index contributed by atoms with van der Waals surface area (Å²) >= 11 is 1.73. The molecule has 3 aromatic rings. The van der Waals surface area contributed by atoms with Crippen molar-refractivity contribution < 1.29 is 4.79 Å². The second-order valence-electron chi connectivity index (χ2n) is 9.37. The van der Waals surface area contributed by atoms with Crippen molar-refractivity contribution in [2.24, 2.45) is 5.92 Å². The largest absolute Gasteiger partial charge is 0.346 e. The van der Waals surface area contributed by atoms with Crippen LogP contribution < -0.4 is 10.2 Å². The van der Waals surface area contributed by atoms with Crippen LogP contribution in [0.25, 0.3) is 22.4 Å². The highest BCUT2D eigenvalue weighted by Crippen LogP contribution is 2.31. The first kappa shape index (κ1) is 24.9. The highest BCUT2D eigenvalue weighted by Gasteiger charge is 2.17. The van der Waals surface area contributed by atoms with Crippen LogP contribution in [-0.4, -0.2) is 55.6 Å². The third-order valence-corrected chi connectivity index (χ3v) is 7.40. The third kappa shape index (κ3) is 6.91. The van der Waals surface area contributed by atoms with Gasteiger partial charge >= 0.3 is 0 Å². The maximum absolute atomic E-state index is 11.8. The van der Waals surface area contributed by atoms with E-state index in [-0.39, 0.29) is 12.5 Å².